The van der Waals surface area contributed by atoms with Gasteiger partial charge in [0.25, 0.3) is 0 Å². The predicted molar refractivity (Wildman–Crippen MR) is 48.9 cm³/mol. The molecule has 0 aromatic rings. The normalized spacial score (nSPS) is 20.7. The molecule has 0 saturated heterocycles. The Bertz CT molecular complexity index is 357. The minimum Gasteiger partial charge on any atom is -0.467 e. The lowest BCUT2D eigenvalue weighted by Crippen LogP contribution is -2.39. The van der Waals surface area contributed by atoms with Crippen LogP contribution in [0.4, 0.5) is 0 Å². The van der Waals surface area contributed by atoms with E-state index in [4.69, 9.17) is 4.74 Å². The van der Waals surface area contributed by atoms with E-state index in [1.54, 1.807) is 6.92 Å². The number of amidine groups is 2. The quantitative estimate of drug-likeness (QED) is 0.604. The molecule has 0 bridgehead atoms. The largest absolute Gasteiger partial charge is 0.467 e. The number of hydrogen-bond donors (Lipinski definition) is 0. The summed E-state index contributed by atoms with van der Waals surface area (Å²) in [7, 11) is -2.25. The third-order valence-electron chi connectivity index (χ3n) is 1.47. The molecule has 0 aliphatic carbocycles. The van der Waals surface area contributed by atoms with Gasteiger partial charge in [-0.15, -0.1) is 4.40 Å². The van der Waals surface area contributed by atoms with E-state index in [2.05, 4.69) is 9.39 Å². The van der Waals surface area contributed by atoms with E-state index >= 15 is 0 Å². The molecule has 7 heteroatoms. The van der Waals surface area contributed by atoms with Gasteiger partial charge in [0, 0.05) is 6.54 Å². The van der Waals surface area contributed by atoms with Gasteiger partial charge in [-0.05, 0) is 13.8 Å². The maximum absolute atomic E-state index is 11.4. The molecule has 0 unspecified atom stereocenters. The Morgan fingerprint density at radius 1 is 1.54 bits per heavy atom. The van der Waals surface area contributed by atoms with Crippen LogP contribution in [-0.2, 0) is 14.9 Å². The number of rotatable bonds is 1. The number of nitrogens with zero attached hydrogens (tertiary/aromatic N) is 3. The third kappa shape index (κ3) is 1.80. The van der Waals surface area contributed by atoms with Crippen molar-refractivity contribution < 1.29 is 13.2 Å². The van der Waals surface area contributed by atoms with Gasteiger partial charge in [0.1, 0.15) is 5.84 Å². The molecule has 0 fully saturated rings. The molecule has 1 heterocycles. The van der Waals surface area contributed by atoms with Gasteiger partial charge < -0.3 is 4.74 Å². The smallest absolute Gasteiger partial charge is 0.349 e. The van der Waals surface area contributed by atoms with Gasteiger partial charge in [0.2, 0.25) is 0 Å². The zero-order valence-electron chi connectivity index (χ0n) is 7.68. The van der Waals surface area contributed by atoms with Crippen molar-refractivity contribution in [1.29, 1.82) is 0 Å². The molecule has 0 saturated carbocycles. The van der Waals surface area contributed by atoms with Gasteiger partial charge in [-0.3, -0.25) is 0 Å². The Hall–Kier alpha value is -1.11. The molecule has 0 aromatic carbocycles. The molecule has 1 rings (SSSR count). The average Bonchev–Trinajstić information content (AvgIpc) is 2.01. The molecular weight excluding hydrogens is 194 g/mol. The van der Waals surface area contributed by atoms with Crippen molar-refractivity contribution in [2.24, 2.45) is 9.39 Å². The van der Waals surface area contributed by atoms with E-state index in [1.807, 2.05) is 0 Å². The van der Waals surface area contributed by atoms with E-state index < -0.39 is 10.2 Å². The summed E-state index contributed by atoms with van der Waals surface area (Å²) < 4.78 is 32.0. The average molecular weight is 205 g/mol. The van der Waals surface area contributed by atoms with Gasteiger partial charge in [-0.25, -0.2) is 4.31 Å². The molecule has 6 nitrogen and oxygen atoms in total. The highest BCUT2D eigenvalue weighted by atomic mass is 32.2. The fourth-order valence-electron chi connectivity index (χ4n) is 0.975. The van der Waals surface area contributed by atoms with E-state index in [-0.39, 0.29) is 18.4 Å². The van der Waals surface area contributed by atoms with Crippen LogP contribution < -0.4 is 0 Å². The first kappa shape index (κ1) is 9.97. The van der Waals surface area contributed by atoms with Crippen molar-refractivity contribution in [2.75, 3.05) is 13.7 Å². The van der Waals surface area contributed by atoms with E-state index in [1.165, 1.54) is 14.0 Å². The molecule has 1 aliphatic rings. The fourth-order valence-corrected chi connectivity index (χ4v) is 2.09. The summed E-state index contributed by atoms with van der Waals surface area (Å²) in [4.78, 5) is 3.84. The topological polar surface area (TPSA) is 71.3 Å². The molecule has 1 aliphatic heterocycles. The van der Waals surface area contributed by atoms with Gasteiger partial charge in [0.15, 0.2) is 0 Å². The second kappa shape index (κ2) is 3.33. The van der Waals surface area contributed by atoms with Crippen LogP contribution >= 0.6 is 0 Å². The molecular formula is C6H11N3O3S. The lowest BCUT2D eigenvalue weighted by Gasteiger charge is -2.22. The molecule has 0 N–H and O–H groups in total. The van der Waals surface area contributed by atoms with E-state index in [9.17, 15) is 8.42 Å². The van der Waals surface area contributed by atoms with Crippen molar-refractivity contribution in [3.63, 3.8) is 0 Å². The summed E-state index contributed by atoms with van der Waals surface area (Å²) in [5, 5.41) is 0. The maximum atomic E-state index is 11.4. The number of methoxy groups -OCH3 is 1. The number of ether oxygens (including phenoxy) is 1. The predicted octanol–water partition coefficient (Wildman–Crippen LogP) is -0.0125. The minimum absolute atomic E-state index is 0.0648. The molecule has 0 aromatic heterocycles. The third-order valence-corrected chi connectivity index (χ3v) is 2.93. The maximum Gasteiger partial charge on any atom is 0.349 e. The second-order valence-electron chi connectivity index (χ2n) is 2.38. The molecule has 74 valence electrons. The molecule has 13 heavy (non-hydrogen) atoms. The Kier molecular flexibility index (Phi) is 2.55. The monoisotopic (exact) mass is 205 g/mol. The Labute approximate surface area is 77.1 Å². The zero-order chi connectivity index (χ0) is 10.1. The lowest BCUT2D eigenvalue weighted by molar-refractivity contribution is 0.342. The van der Waals surface area contributed by atoms with Crippen LogP contribution in [0.2, 0.25) is 0 Å². The highest BCUT2D eigenvalue weighted by Crippen LogP contribution is 2.11. The summed E-state index contributed by atoms with van der Waals surface area (Å²) in [6.07, 6.45) is 0. The van der Waals surface area contributed by atoms with Crippen molar-refractivity contribution in [3.05, 3.63) is 0 Å². The first-order valence-corrected chi connectivity index (χ1v) is 5.13. The van der Waals surface area contributed by atoms with Crippen LogP contribution in [0.1, 0.15) is 13.8 Å². The van der Waals surface area contributed by atoms with Gasteiger partial charge in [0.05, 0.1) is 7.11 Å². The zero-order valence-corrected chi connectivity index (χ0v) is 8.50. The Morgan fingerprint density at radius 3 is 2.62 bits per heavy atom. The van der Waals surface area contributed by atoms with Crippen molar-refractivity contribution >= 4 is 22.1 Å². The summed E-state index contributed by atoms with van der Waals surface area (Å²) >= 11 is 0. The fraction of sp³-hybridized carbons (Fsp3) is 0.667. The molecule has 0 amide bonds. The summed E-state index contributed by atoms with van der Waals surface area (Å²) in [6.45, 7) is 3.44. The van der Waals surface area contributed by atoms with Crippen molar-refractivity contribution in [2.45, 2.75) is 13.8 Å². The summed E-state index contributed by atoms with van der Waals surface area (Å²) in [6, 6.07) is 0.0648. The van der Waals surface area contributed by atoms with Gasteiger partial charge in [-0.2, -0.15) is 13.4 Å². The highest BCUT2D eigenvalue weighted by molar-refractivity contribution is 7.88. The van der Waals surface area contributed by atoms with Crippen LogP contribution in [0.15, 0.2) is 9.39 Å². The van der Waals surface area contributed by atoms with E-state index in [0.29, 0.717) is 0 Å². The summed E-state index contributed by atoms with van der Waals surface area (Å²) in [5.41, 5.74) is 0. The SMILES string of the molecule is CCN1C(OC)=NC(C)=NS1(=O)=O. The van der Waals surface area contributed by atoms with Crippen LogP contribution in [0.5, 0.6) is 0 Å². The first-order valence-electron chi connectivity index (χ1n) is 3.73. The van der Waals surface area contributed by atoms with Gasteiger partial charge >= 0.3 is 16.2 Å². The van der Waals surface area contributed by atoms with Crippen LogP contribution in [-0.4, -0.2) is 38.2 Å². The molecule has 0 spiro atoms. The second-order valence-corrected chi connectivity index (χ2v) is 3.90. The Morgan fingerprint density at radius 2 is 2.15 bits per heavy atom. The first-order chi connectivity index (χ1) is 6.01. The van der Waals surface area contributed by atoms with Crippen LogP contribution in [0, 0.1) is 0 Å². The number of aliphatic imine (C=N–C) groups is 1. The van der Waals surface area contributed by atoms with Gasteiger partial charge in [-0.1, -0.05) is 0 Å². The molecule has 0 radical (unpaired) electrons. The molecule has 0 atom stereocenters. The minimum atomic E-state index is -3.62. The van der Waals surface area contributed by atoms with Crippen LogP contribution in [0.25, 0.3) is 0 Å². The van der Waals surface area contributed by atoms with Crippen molar-refractivity contribution in [1.82, 2.24) is 4.31 Å². The lowest BCUT2D eigenvalue weighted by atomic mass is 10.7. The summed E-state index contributed by atoms with van der Waals surface area (Å²) in [5.74, 6) is 0.182. The standard InChI is InChI=1S/C6H11N3O3S/c1-4-9-6(12-3)7-5(2)8-13(9,10)11/h4H2,1-3H3. The van der Waals surface area contributed by atoms with Crippen molar-refractivity contribution in [3.8, 4) is 0 Å². The van der Waals surface area contributed by atoms with E-state index in [0.717, 1.165) is 4.31 Å². The Balaban J connectivity index is 3.17. The van der Waals surface area contributed by atoms with Crippen LogP contribution in [0.3, 0.4) is 0 Å². The highest BCUT2D eigenvalue weighted by Gasteiger charge is 2.28. The number of hydrogen-bond acceptors (Lipinski definition) is 4.